The molecule has 2 aliphatic rings. The first-order chi connectivity index (χ1) is 18.9. The summed E-state index contributed by atoms with van der Waals surface area (Å²) in [4.78, 5) is 29.2. The summed E-state index contributed by atoms with van der Waals surface area (Å²) in [6.45, 7) is 2.92. The molecular formula is C30H36N6O3. The van der Waals surface area contributed by atoms with Crippen molar-refractivity contribution < 1.29 is 14.3 Å². The van der Waals surface area contributed by atoms with Gasteiger partial charge in [-0.2, -0.15) is 5.10 Å². The number of primary amides is 1. The maximum Gasteiger partial charge on any atom is 0.254 e. The van der Waals surface area contributed by atoms with Gasteiger partial charge in [0, 0.05) is 37.8 Å². The second kappa shape index (κ2) is 11.7. The number of likely N-dealkylation sites (tertiary alicyclic amines) is 1. The first-order valence-corrected chi connectivity index (χ1v) is 13.5. The molecule has 3 N–H and O–H groups in total. The monoisotopic (exact) mass is 528 g/mol. The molecule has 1 aromatic heterocycles. The highest BCUT2D eigenvalue weighted by molar-refractivity contribution is 6.03. The number of hydrogen-bond donors (Lipinski definition) is 2. The lowest BCUT2D eigenvalue weighted by atomic mass is 9.87. The molecule has 0 radical (unpaired) electrons. The Kier molecular flexibility index (Phi) is 7.97. The first kappa shape index (κ1) is 26.5. The standard InChI is InChI=1S/C30H36N6O3/c1-34(2)18-6-9-26(37)35-19-15-21(16-20-35)25-14-17-32-30-27(29(31)38)28(33-36(25)30)22-10-12-24(13-11-22)39-23-7-4-3-5-8-23/h3-13,21,25,32H,14-20H2,1-2H3,(H2,31,38)/b9-6+. The number of nitrogens with zero attached hydrogens (tertiary/aromatic N) is 4. The average Bonchev–Trinajstić information content (AvgIpc) is 3.34. The highest BCUT2D eigenvalue weighted by Gasteiger charge is 2.35. The highest BCUT2D eigenvalue weighted by atomic mass is 16.5. The fourth-order valence-electron chi connectivity index (χ4n) is 5.46. The summed E-state index contributed by atoms with van der Waals surface area (Å²) < 4.78 is 7.88. The van der Waals surface area contributed by atoms with Crippen LogP contribution < -0.4 is 15.8 Å². The Morgan fingerprint density at radius 3 is 2.41 bits per heavy atom. The van der Waals surface area contributed by atoms with Gasteiger partial charge < -0.3 is 25.6 Å². The van der Waals surface area contributed by atoms with Crippen molar-refractivity contribution in [1.29, 1.82) is 0 Å². The molecule has 204 valence electrons. The summed E-state index contributed by atoms with van der Waals surface area (Å²) in [7, 11) is 3.96. The summed E-state index contributed by atoms with van der Waals surface area (Å²) in [6, 6.07) is 17.3. The number of benzene rings is 2. The lowest BCUT2D eigenvalue weighted by Crippen LogP contribution is -2.41. The molecule has 3 heterocycles. The summed E-state index contributed by atoms with van der Waals surface area (Å²) in [5, 5.41) is 8.31. The SMILES string of the molecule is CN(C)C/C=C/C(=O)N1CCC(C2CCNc3c(C(N)=O)c(-c4ccc(Oc5ccccc5)cc4)nn32)CC1. The molecule has 0 aliphatic carbocycles. The lowest BCUT2D eigenvalue weighted by molar-refractivity contribution is -0.127. The van der Waals surface area contributed by atoms with Crippen LogP contribution in [0.4, 0.5) is 5.82 Å². The maximum atomic E-state index is 12.6. The summed E-state index contributed by atoms with van der Waals surface area (Å²) >= 11 is 0. The van der Waals surface area contributed by atoms with Crippen LogP contribution in [0.5, 0.6) is 11.5 Å². The van der Waals surface area contributed by atoms with Crippen LogP contribution in [-0.4, -0.2) is 71.7 Å². The zero-order valence-electron chi connectivity index (χ0n) is 22.5. The first-order valence-electron chi connectivity index (χ1n) is 13.5. The normalized spacial score (nSPS) is 17.7. The molecular weight excluding hydrogens is 492 g/mol. The van der Waals surface area contributed by atoms with Crippen LogP contribution in [-0.2, 0) is 4.79 Å². The van der Waals surface area contributed by atoms with Gasteiger partial charge >= 0.3 is 0 Å². The van der Waals surface area contributed by atoms with E-state index >= 15 is 0 Å². The zero-order chi connectivity index (χ0) is 27.4. The smallest absolute Gasteiger partial charge is 0.254 e. The number of nitrogens with one attached hydrogen (secondary N) is 1. The van der Waals surface area contributed by atoms with E-state index in [0.717, 1.165) is 56.8 Å². The second-order valence-electron chi connectivity index (χ2n) is 10.4. The fourth-order valence-corrected chi connectivity index (χ4v) is 5.46. The van der Waals surface area contributed by atoms with Crippen LogP contribution in [0.1, 0.15) is 35.7 Å². The number of fused-ring (bicyclic) bond motifs is 1. The predicted octanol–water partition coefficient (Wildman–Crippen LogP) is 4.15. The van der Waals surface area contributed by atoms with Gasteiger partial charge in [-0.1, -0.05) is 24.3 Å². The van der Waals surface area contributed by atoms with Crippen molar-refractivity contribution in [3.8, 4) is 22.8 Å². The van der Waals surface area contributed by atoms with Crippen molar-refractivity contribution in [2.45, 2.75) is 25.3 Å². The number of hydrogen-bond acceptors (Lipinski definition) is 6. The third kappa shape index (κ3) is 5.98. The number of rotatable bonds is 8. The van der Waals surface area contributed by atoms with Gasteiger partial charge in [-0.3, -0.25) is 9.59 Å². The lowest BCUT2D eigenvalue weighted by Gasteiger charge is -2.38. The van der Waals surface area contributed by atoms with Crippen molar-refractivity contribution in [3.63, 3.8) is 0 Å². The molecule has 1 fully saturated rings. The van der Waals surface area contributed by atoms with Crippen molar-refractivity contribution in [1.82, 2.24) is 19.6 Å². The van der Waals surface area contributed by atoms with Gasteiger partial charge in [-0.15, -0.1) is 0 Å². The Hall–Kier alpha value is -4.11. The number of anilines is 1. The van der Waals surface area contributed by atoms with E-state index in [0.29, 0.717) is 28.7 Å². The molecule has 2 aliphatic heterocycles. The van der Waals surface area contributed by atoms with E-state index in [1.807, 2.05) is 89.3 Å². The number of carbonyl (C=O) groups is 2. The molecule has 5 rings (SSSR count). The van der Waals surface area contributed by atoms with Crippen LogP contribution in [0.3, 0.4) is 0 Å². The molecule has 9 heteroatoms. The van der Waals surface area contributed by atoms with Gasteiger partial charge in [0.15, 0.2) is 0 Å². The molecule has 1 saturated heterocycles. The van der Waals surface area contributed by atoms with E-state index in [9.17, 15) is 9.59 Å². The van der Waals surface area contributed by atoms with E-state index in [-0.39, 0.29) is 11.9 Å². The second-order valence-corrected chi connectivity index (χ2v) is 10.4. The Balaban J connectivity index is 1.33. The highest BCUT2D eigenvalue weighted by Crippen LogP contribution is 2.40. The number of aromatic nitrogens is 2. The minimum absolute atomic E-state index is 0.0679. The number of amides is 2. The molecule has 3 aromatic rings. The summed E-state index contributed by atoms with van der Waals surface area (Å²) in [5.74, 6) is 2.06. The largest absolute Gasteiger partial charge is 0.457 e. The Labute approximate surface area is 229 Å². The molecule has 2 aromatic carbocycles. The molecule has 1 atom stereocenters. The van der Waals surface area contributed by atoms with Crippen LogP contribution in [0, 0.1) is 5.92 Å². The molecule has 2 amide bonds. The molecule has 0 spiro atoms. The average molecular weight is 529 g/mol. The number of carbonyl (C=O) groups excluding carboxylic acids is 2. The summed E-state index contributed by atoms with van der Waals surface area (Å²) in [6.07, 6.45) is 6.27. The van der Waals surface area contributed by atoms with Crippen LogP contribution in [0.15, 0.2) is 66.7 Å². The molecule has 0 bridgehead atoms. The van der Waals surface area contributed by atoms with Crippen LogP contribution in [0.25, 0.3) is 11.3 Å². The Morgan fingerprint density at radius 2 is 1.74 bits per heavy atom. The molecule has 9 nitrogen and oxygen atoms in total. The number of ether oxygens (including phenoxy) is 1. The quantitative estimate of drug-likeness (QED) is 0.426. The minimum atomic E-state index is -0.506. The number of para-hydroxylation sites is 1. The van der Waals surface area contributed by atoms with Gasteiger partial charge in [0.25, 0.3) is 5.91 Å². The predicted molar refractivity (Wildman–Crippen MR) is 152 cm³/mol. The van der Waals surface area contributed by atoms with Gasteiger partial charge in [0.1, 0.15) is 28.6 Å². The number of nitrogens with two attached hydrogens (primary N) is 1. The van der Waals surface area contributed by atoms with Crippen LogP contribution >= 0.6 is 0 Å². The molecule has 39 heavy (non-hydrogen) atoms. The number of piperidine rings is 1. The fraction of sp³-hybridized carbons (Fsp3) is 0.367. The van der Waals surface area contributed by atoms with Gasteiger partial charge in [-0.05, 0) is 75.7 Å². The van der Waals surface area contributed by atoms with E-state index in [1.165, 1.54) is 0 Å². The zero-order valence-corrected chi connectivity index (χ0v) is 22.5. The Bertz CT molecular complexity index is 1320. The van der Waals surface area contributed by atoms with Gasteiger partial charge in [-0.25, -0.2) is 4.68 Å². The van der Waals surface area contributed by atoms with E-state index in [2.05, 4.69) is 5.32 Å². The van der Waals surface area contributed by atoms with Crippen molar-refractivity contribution in [2.24, 2.45) is 11.7 Å². The third-order valence-corrected chi connectivity index (χ3v) is 7.44. The maximum absolute atomic E-state index is 12.6. The van der Waals surface area contributed by atoms with Crippen molar-refractivity contribution in [2.75, 3.05) is 45.6 Å². The topological polar surface area (TPSA) is 106 Å². The van der Waals surface area contributed by atoms with E-state index in [4.69, 9.17) is 15.6 Å². The van der Waals surface area contributed by atoms with Gasteiger partial charge in [0.05, 0.1) is 6.04 Å². The van der Waals surface area contributed by atoms with E-state index in [1.54, 1.807) is 6.08 Å². The van der Waals surface area contributed by atoms with Gasteiger partial charge in [0.2, 0.25) is 5.91 Å². The molecule has 0 saturated carbocycles. The minimum Gasteiger partial charge on any atom is -0.457 e. The van der Waals surface area contributed by atoms with Crippen molar-refractivity contribution >= 4 is 17.6 Å². The van der Waals surface area contributed by atoms with E-state index < -0.39 is 5.91 Å². The summed E-state index contributed by atoms with van der Waals surface area (Å²) in [5.41, 5.74) is 7.66. The van der Waals surface area contributed by atoms with Crippen molar-refractivity contribution in [3.05, 3.63) is 72.3 Å². The van der Waals surface area contributed by atoms with Crippen LogP contribution in [0.2, 0.25) is 0 Å². The Morgan fingerprint density at radius 1 is 1.05 bits per heavy atom. The number of likely N-dealkylation sites (N-methyl/N-ethyl adjacent to an activating group) is 1. The molecule has 1 unspecified atom stereocenters. The third-order valence-electron chi connectivity index (χ3n) is 7.44.